The average Bonchev–Trinajstić information content (AvgIpc) is 2.95. The fraction of sp³-hybridized carbons (Fsp3) is 0.130. The van der Waals surface area contributed by atoms with Gasteiger partial charge in [-0.05, 0) is 22.3 Å². The summed E-state index contributed by atoms with van der Waals surface area (Å²) in [5.74, 6) is 0. The van der Waals surface area contributed by atoms with Gasteiger partial charge in [0.15, 0.2) is 0 Å². The molecule has 2 heteroatoms. The van der Waals surface area contributed by atoms with Gasteiger partial charge in [0, 0.05) is 12.0 Å². The second-order valence-corrected chi connectivity index (χ2v) is 6.47. The molecule has 0 heterocycles. The van der Waals surface area contributed by atoms with Gasteiger partial charge < -0.3 is 10.2 Å². The SMILES string of the molecule is O[C@H]1C[C@](O)(c2ccccc2)C(c2ccccc2)=C1c1ccccc1. The van der Waals surface area contributed by atoms with E-state index >= 15 is 0 Å². The zero-order valence-corrected chi connectivity index (χ0v) is 13.8. The van der Waals surface area contributed by atoms with Crippen LogP contribution in [0, 0.1) is 0 Å². The lowest BCUT2D eigenvalue weighted by Crippen LogP contribution is -2.26. The van der Waals surface area contributed by atoms with Gasteiger partial charge >= 0.3 is 0 Å². The normalized spacial score (nSPS) is 23.0. The third-order valence-corrected chi connectivity index (χ3v) is 4.90. The molecule has 4 rings (SSSR count). The van der Waals surface area contributed by atoms with Gasteiger partial charge in [-0.1, -0.05) is 91.0 Å². The van der Waals surface area contributed by atoms with Crippen molar-refractivity contribution in [3.05, 3.63) is 108 Å². The molecule has 0 amide bonds. The molecule has 124 valence electrons. The summed E-state index contributed by atoms with van der Waals surface area (Å²) in [6.45, 7) is 0. The summed E-state index contributed by atoms with van der Waals surface area (Å²) in [5, 5.41) is 22.5. The van der Waals surface area contributed by atoms with Gasteiger partial charge in [-0.25, -0.2) is 0 Å². The van der Waals surface area contributed by atoms with Crippen molar-refractivity contribution < 1.29 is 10.2 Å². The highest BCUT2D eigenvalue weighted by molar-refractivity contribution is 5.99. The molecule has 0 unspecified atom stereocenters. The van der Waals surface area contributed by atoms with Crippen LogP contribution in [-0.4, -0.2) is 16.3 Å². The lowest BCUT2D eigenvalue weighted by Gasteiger charge is -2.28. The second-order valence-electron chi connectivity index (χ2n) is 6.47. The van der Waals surface area contributed by atoms with E-state index in [4.69, 9.17) is 0 Å². The molecule has 2 N–H and O–H groups in total. The van der Waals surface area contributed by atoms with Gasteiger partial charge in [-0.3, -0.25) is 0 Å². The molecule has 0 saturated heterocycles. The smallest absolute Gasteiger partial charge is 0.118 e. The quantitative estimate of drug-likeness (QED) is 0.754. The van der Waals surface area contributed by atoms with Crippen LogP contribution in [0.2, 0.25) is 0 Å². The molecule has 0 aliphatic heterocycles. The van der Waals surface area contributed by atoms with E-state index in [9.17, 15) is 10.2 Å². The van der Waals surface area contributed by atoms with Gasteiger partial charge in [-0.15, -0.1) is 0 Å². The fourth-order valence-corrected chi connectivity index (χ4v) is 3.80. The summed E-state index contributed by atoms with van der Waals surface area (Å²) in [4.78, 5) is 0. The number of aliphatic hydroxyl groups is 2. The summed E-state index contributed by atoms with van der Waals surface area (Å²) < 4.78 is 0. The Bertz CT molecular complexity index is 885. The van der Waals surface area contributed by atoms with Gasteiger partial charge in [0.05, 0.1) is 6.10 Å². The zero-order valence-electron chi connectivity index (χ0n) is 13.8. The maximum Gasteiger partial charge on any atom is 0.118 e. The summed E-state index contributed by atoms with van der Waals surface area (Å²) in [7, 11) is 0. The highest BCUT2D eigenvalue weighted by Crippen LogP contribution is 2.51. The first kappa shape index (κ1) is 15.8. The zero-order chi connectivity index (χ0) is 17.3. The van der Waals surface area contributed by atoms with Crippen LogP contribution in [0.5, 0.6) is 0 Å². The average molecular weight is 328 g/mol. The molecule has 3 aromatic carbocycles. The molecule has 0 radical (unpaired) electrons. The molecule has 0 aromatic heterocycles. The van der Waals surface area contributed by atoms with Crippen LogP contribution in [0.25, 0.3) is 11.1 Å². The summed E-state index contributed by atoms with van der Waals surface area (Å²) >= 11 is 0. The Morgan fingerprint density at radius 3 is 1.72 bits per heavy atom. The monoisotopic (exact) mass is 328 g/mol. The fourth-order valence-electron chi connectivity index (χ4n) is 3.80. The van der Waals surface area contributed by atoms with Crippen molar-refractivity contribution >= 4 is 11.1 Å². The highest BCUT2D eigenvalue weighted by Gasteiger charge is 2.46. The van der Waals surface area contributed by atoms with Gasteiger partial charge in [0.25, 0.3) is 0 Å². The van der Waals surface area contributed by atoms with Crippen molar-refractivity contribution in [1.29, 1.82) is 0 Å². The largest absolute Gasteiger partial charge is 0.388 e. The number of benzene rings is 3. The lowest BCUT2D eigenvalue weighted by molar-refractivity contribution is 0.0640. The van der Waals surface area contributed by atoms with Crippen molar-refractivity contribution in [3.8, 4) is 0 Å². The number of aliphatic hydroxyl groups excluding tert-OH is 1. The predicted molar refractivity (Wildman–Crippen MR) is 101 cm³/mol. The first-order chi connectivity index (χ1) is 12.2. The molecular formula is C23H20O2. The van der Waals surface area contributed by atoms with Crippen molar-refractivity contribution in [2.45, 2.75) is 18.1 Å². The third-order valence-electron chi connectivity index (χ3n) is 4.90. The molecule has 25 heavy (non-hydrogen) atoms. The van der Waals surface area contributed by atoms with Gasteiger partial charge in [0.1, 0.15) is 5.60 Å². The van der Waals surface area contributed by atoms with Crippen LogP contribution < -0.4 is 0 Å². The summed E-state index contributed by atoms with van der Waals surface area (Å²) in [5.41, 5.74) is 3.06. The van der Waals surface area contributed by atoms with Crippen molar-refractivity contribution in [2.75, 3.05) is 0 Å². The van der Waals surface area contributed by atoms with Crippen LogP contribution in [0.4, 0.5) is 0 Å². The van der Waals surface area contributed by atoms with E-state index in [1.165, 1.54) is 0 Å². The molecule has 2 nitrogen and oxygen atoms in total. The molecule has 0 spiro atoms. The number of hydrogen-bond acceptors (Lipinski definition) is 2. The van der Waals surface area contributed by atoms with Crippen LogP contribution in [0.3, 0.4) is 0 Å². The maximum atomic E-state index is 11.7. The molecule has 0 saturated carbocycles. The standard InChI is InChI=1S/C23H20O2/c24-20-16-23(25,19-14-8-3-9-15-19)22(18-12-6-2-7-13-18)21(20)17-10-4-1-5-11-17/h1-15,20,24-25H,16H2/t20-,23-/m0/s1. The Kier molecular flexibility index (Phi) is 4.00. The molecule has 0 bridgehead atoms. The summed E-state index contributed by atoms with van der Waals surface area (Å²) in [6, 6.07) is 29.3. The van der Waals surface area contributed by atoms with E-state index in [1.54, 1.807) is 0 Å². The van der Waals surface area contributed by atoms with E-state index in [0.29, 0.717) is 0 Å². The predicted octanol–water partition coefficient (Wildman–Crippen LogP) is 4.25. The molecule has 2 atom stereocenters. The Hall–Kier alpha value is -2.68. The Labute approximate surface area is 147 Å². The van der Waals surface area contributed by atoms with Crippen LogP contribution in [0.15, 0.2) is 91.0 Å². The van der Waals surface area contributed by atoms with E-state index < -0.39 is 11.7 Å². The van der Waals surface area contributed by atoms with E-state index in [0.717, 1.165) is 27.8 Å². The maximum absolute atomic E-state index is 11.7. The summed E-state index contributed by atoms with van der Waals surface area (Å²) in [6.07, 6.45) is -0.464. The van der Waals surface area contributed by atoms with Crippen LogP contribution >= 0.6 is 0 Å². The first-order valence-corrected chi connectivity index (χ1v) is 8.51. The van der Waals surface area contributed by atoms with Gasteiger partial charge in [0.2, 0.25) is 0 Å². The van der Waals surface area contributed by atoms with Crippen molar-refractivity contribution in [1.82, 2.24) is 0 Å². The third kappa shape index (κ3) is 2.70. The topological polar surface area (TPSA) is 40.5 Å². The second kappa shape index (κ2) is 6.32. The van der Waals surface area contributed by atoms with E-state index in [-0.39, 0.29) is 6.42 Å². The van der Waals surface area contributed by atoms with Crippen molar-refractivity contribution in [3.63, 3.8) is 0 Å². The minimum atomic E-state index is -1.22. The Balaban J connectivity index is 2.00. The number of hydrogen-bond donors (Lipinski definition) is 2. The van der Waals surface area contributed by atoms with E-state index in [1.807, 2.05) is 91.0 Å². The molecule has 3 aromatic rings. The van der Waals surface area contributed by atoms with Gasteiger partial charge in [-0.2, -0.15) is 0 Å². The highest BCUT2D eigenvalue weighted by atomic mass is 16.3. The Morgan fingerprint density at radius 2 is 1.16 bits per heavy atom. The van der Waals surface area contributed by atoms with Crippen molar-refractivity contribution in [2.24, 2.45) is 0 Å². The minimum Gasteiger partial charge on any atom is -0.388 e. The first-order valence-electron chi connectivity index (χ1n) is 8.51. The van der Waals surface area contributed by atoms with Crippen LogP contribution in [-0.2, 0) is 5.60 Å². The molecule has 1 aliphatic carbocycles. The molecule has 1 aliphatic rings. The molecule has 0 fully saturated rings. The minimum absolute atomic E-state index is 0.255. The number of rotatable bonds is 3. The van der Waals surface area contributed by atoms with E-state index in [2.05, 4.69) is 0 Å². The lowest BCUT2D eigenvalue weighted by atomic mass is 9.82. The van der Waals surface area contributed by atoms with Crippen LogP contribution in [0.1, 0.15) is 23.1 Å². The molecular weight excluding hydrogens is 308 g/mol. The Morgan fingerprint density at radius 1 is 0.680 bits per heavy atom.